The van der Waals surface area contributed by atoms with E-state index in [0.717, 1.165) is 12.8 Å². The van der Waals surface area contributed by atoms with Gasteiger partial charge in [0.15, 0.2) is 0 Å². The maximum absolute atomic E-state index is 12.3. The smallest absolute Gasteiger partial charge is 0.242 e. The number of rotatable bonds is 4. The van der Waals surface area contributed by atoms with Crippen molar-refractivity contribution in [1.82, 2.24) is 4.72 Å². The van der Waals surface area contributed by atoms with E-state index in [0.29, 0.717) is 12.1 Å². The van der Waals surface area contributed by atoms with Gasteiger partial charge in [-0.2, -0.15) is 5.26 Å². The fraction of sp³-hybridized carbons (Fsp3) is 0.462. The van der Waals surface area contributed by atoms with Gasteiger partial charge in [0.1, 0.15) is 6.07 Å². The van der Waals surface area contributed by atoms with Crippen molar-refractivity contribution in [2.24, 2.45) is 0 Å². The van der Waals surface area contributed by atoms with Gasteiger partial charge in [0.05, 0.1) is 16.6 Å². The molecule has 108 valence electrons. The number of anilines is 1. The summed E-state index contributed by atoms with van der Waals surface area (Å²) in [6.45, 7) is 0. The number of methoxy groups -OCH3 is 1. The summed E-state index contributed by atoms with van der Waals surface area (Å²) in [5, 5.41) is 9.03. The SMILES string of the molecule is COC1CCC(NS(=O)(=O)c2ccc(N)cc2C#N)C1. The summed E-state index contributed by atoms with van der Waals surface area (Å²) in [6.07, 6.45) is 2.29. The largest absolute Gasteiger partial charge is 0.399 e. The number of nitrogens with one attached hydrogen (secondary N) is 1. The van der Waals surface area contributed by atoms with Crippen LogP contribution >= 0.6 is 0 Å². The minimum Gasteiger partial charge on any atom is -0.399 e. The second-order valence-corrected chi connectivity index (χ2v) is 6.54. The highest BCUT2D eigenvalue weighted by atomic mass is 32.2. The summed E-state index contributed by atoms with van der Waals surface area (Å²) in [5.74, 6) is 0. The molecule has 2 rings (SSSR count). The molecule has 3 N–H and O–H groups in total. The number of nitrogen functional groups attached to an aromatic ring is 1. The lowest BCUT2D eigenvalue weighted by Crippen LogP contribution is -2.33. The van der Waals surface area contributed by atoms with Crippen LogP contribution in [-0.4, -0.2) is 27.7 Å². The molecule has 0 amide bonds. The third-order valence-corrected chi connectivity index (χ3v) is 5.03. The van der Waals surface area contributed by atoms with Crippen molar-refractivity contribution in [3.63, 3.8) is 0 Å². The molecular weight excluding hydrogens is 278 g/mol. The van der Waals surface area contributed by atoms with Crippen molar-refractivity contribution in [3.8, 4) is 6.07 Å². The lowest BCUT2D eigenvalue weighted by Gasteiger charge is -2.14. The van der Waals surface area contributed by atoms with E-state index in [1.54, 1.807) is 7.11 Å². The zero-order valence-corrected chi connectivity index (χ0v) is 12.0. The van der Waals surface area contributed by atoms with Gasteiger partial charge in [0.2, 0.25) is 10.0 Å². The Morgan fingerprint density at radius 2 is 2.20 bits per heavy atom. The van der Waals surface area contributed by atoms with Crippen molar-refractivity contribution in [3.05, 3.63) is 23.8 Å². The van der Waals surface area contributed by atoms with E-state index in [1.165, 1.54) is 18.2 Å². The molecule has 2 unspecified atom stereocenters. The van der Waals surface area contributed by atoms with Gasteiger partial charge < -0.3 is 10.5 Å². The molecule has 0 aromatic heterocycles. The Hall–Kier alpha value is -1.62. The normalized spacial score (nSPS) is 22.6. The molecule has 1 fully saturated rings. The minimum atomic E-state index is -3.72. The summed E-state index contributed by atoms with van der Waals surface area (Å²) in [6, 6.07) is 5.90. The van der Waals surface area contributed by atoms with Gasteiger partial charge in [0.25, 0.3) is 0 Å². The number of benzene rings is 1. The van der Waals surface area contributed by atoms with Gasteiger partial charge in [-0.25, -0.2) is 13.1 Å². The molecule has 0 radical (unpaired) electrons. The molecule has 0 aliphatic heterocycles. The molecule has 1 aliphatic carbocycles. The van der Waals surface area contributed by atoms with Crippen LogP contribution in [0.3, 0.4) is 0 Å². The molecule has 7 heteroatoms. The molecular formula is C13H17N3O3S. The van der Waals surface area contributed by atoms with Gasteiger partial charge in [-0.1, -0.05) is 0 Å². The van der Waals surface area contributed by atoms with Gasteiger partial charge in [0, 0.05) is 18.8 Å². The highest BCUT2D eigenvalue weighted by Gasteiger charge is 2.29. The van der Waals surface area contributed by atoms with Crippen LogP contribution in [0.15, 0.2) is 23.1 Å². The summed E-state index contributed by atoms with van der Waals surface area (Å²) < 4.78 is 32.5. The number of hydrogen-bond acceptors (Lipinski definition) is 5. The molecule has 0 saturated heterocycles. The van der Waals surface area contributed by atoms with Gasteiger partial charge in [-0.3, -0.25) is 0 Å². The van der Waals surface area contributed by atoms with Crippen molar-refractivity contribution >= 4 is 15.7 Å². The Kier molecular flexibility index (Phi) is 4.28. The Labute approximate surface area is 118 Å². The summed E-state index contributed by atoms with van der Waals surface area (Å²) in [4.78, 5) is -0.0323. The molecule has 0 bridgehead atoms. The molecule has 1 aromatic carbocycles. The first-order chi connectivity index (χ1) is 9.46. The summed E-state index contributed by atoms with van der Waals surface area (Å²) in [7, 11) is -2.10. The van der Waals surface area contributed by atoms with Crippen LogP contribution in [0.25, 0.3) is 0 Å². The van der Waals surface area contributed by atoms with Crippen LogP contribution in [0.1, 0.15) is 24.8 Å². The molecule has 20 heavy (non-hydrogen) atoms. The maximum atomic E-state index is 12.3. The summed E-state index contributed by atoms with van der Waals surface area (Å²) in [5.41, 5.74) is 5.98. The first kappa shape index (κ1) is 14.8. The third kappa shape index (κ3) is 3.10. The quantitative estimate of drug-likeness (QED) is 0.806. The lowest BCUT2D eigenvalue weighted by atomic mass is 10.2. The Morgan fingerprint density at radius 3 is 2.80 bits per heavy atom. The number of sulfonamides is 1. The van der Waals surface area contributed by atoms with Gasteiger partial charge in [-0.15, -0.1) is 0 Å². The maximum Gasteiger partial charge on any atom is 0.242 e. The third-order valence-electron chi connectivity index (χ3n) is 3.45. The standard InChI is InChI=1S/C13H17N3O3S/c1-19-12-4-3-11(7-12)16-20(17,18)13-5-2-10(15)6-9(13)8-14/h2,5-6,11-12,16H,3-4,7,15H2,1H3. The second-order valence-electron chi connectivity index (χ2n) is 4.86. The zero-order chi connectivity index (χ0) is 14.8. The molecule has 0 heterocycles. The number of ether oxygens (including phenoxy) is 1. The number of nitrogens with zero attached hydrogens (tertiary/aromatic N) is 1. The number of nitriles is 1. The molecule has 0 spiro atoms. The van der Waals surface area contributed by atoms with E-state index in [4.69, 9.17) is 15.7 Å². The van der Waals surface area contributed by atoms with Crippen LogP contribution in [0.4, 0.5) is 5.69 Å². The monoisotopic (exact) mass is 295 g/mol. The first-order valence-electron chi connectivity index (χ1n) is 6.31. The Morgan fingerprint density at radius 1 is 1.45 bits per heavy atom. The van der Waals surface area contributed by atoms with Crippen LogP contribution in [0, 0.1) is 11.3 Å². The zero-order valence-electron chi connectivity index (χ0n) is 11.2. The molecule has 1 aromatic rings. The molecule has 1 aliphatic rings. The van der Waals surface area contributed by atoms with Crippen molar-refractivity contribution < 1.29 is 13.2 Å². The van der Waals surface area contributed by atoms with E-state index >= 15 is 0 Å². The predicted molar refractivity (Wildman–Crippen MR) is 74.3 cm³/mol. The van der Waals surface area contributed by atoms with Crippen molar-refractivity contribution in [1.29, 1.82) is 5.26 Å². The first-order valence-corrected chi connectivity index (χ1v) is 7.79. The average Bonchev–Trinajstić information content (AvgIpc) is 2.85. The molecule has 2 atom stereocenters. The fourth-order valence-electron chi connectivity index (χ4n) is 2.41. The average molecular weight is 295 g/mol. The molecule has 1 saturated carbocycles. The number of hydrogen-bond donors (Lipinski definition) is 2. The van der Waals surface area contributed by atoms with Crippen LogP contribution in [-0.2, 0) is 14.8 Å². The van der Waals surface area contributed by atoms with Gasteiger partial charge in [-0.05, 0) is 37.5 Å². The lowest BCUT2D eigenvalue weighted by molar-refractivity contribution is 0.107. The highest BCUT2D eigenvalue weighted by Crippen LogP contribution is 2.24. The molecule has 6 nitrogen and oxygen atoms in total. The minimum absolute atomic E-state index is 0.0323. The highest BCUT2D eigenvalue weighted by molar-refractivity contribution is 7.89. The summed E-state index contributed by atoms with van der Waals surface area (Å²) >= 11 is 0. The van der Waals surface area contributed by atoms with Crippen LogP contribution in [0.2, 0.25) is 0 Å². The van der Waals surface area contributed by atoms with E-state index in [2.05, 4.69) is 4.72 Å². The van der Waals surface area contributed by atoms with E-state index in [-0.39, 0.29) is 22.6 Å². The van der Waals surface area contributed by atoms with Crippen molar-refractivity contribution in [2.45, 2.75) is 36.3 Å². The van der Waals surface area contributed by atoms with Crippen LogP contribution in [0.5, 0.6) is 0 Å². The Bertz CT molecular complexity index is 637. The topological polar surface area (TPSA) is 105 Å². The predicted octanol–water partition coefficient (Wildman–Crippen LogP) is 0.986. The van der Waals surface area contributed by atoms with Crippen LogP contribution < -0.4 is 10.5 Å². The fourth-order valence-corrected chi connectivity index (χ4v) is 3.83. The van der Waals surface area contributed by atoms with E-state index in [1.807, 2.05) is 6.07 Å². The Balaban J connectivity index is 2.21. The van der Waals surface area contributed by atoms with E-state index in [9.17, 15) is 8.42 Å². The van der Waals surface area contributed by atoms with Crippen molar-refractivity contribution in [2.75, 3.05) is 12.8 Å². The number of nitrogens with two attached hydrogens (primary N) is 1. The van der Waals surface area contributed by atoms with Gasteiger partial charge >= 0.3 is 0 Å². The van der Waals surface area contributed by atoms with E-state index < -0.39 is 10.0 Å². The second kappa shape index (κ2) is 5.79.